The zero-order chi connectivity index (χ0) is 25.6. The third-order valence-corrected chi connectivity index (χ3v) is 5.81. The second kappa shape index (κ2) is 11.2. The average Bonchev–Trinajstić information content (AvgIpc) is 2.80. The Bertz CT molecular complexity index is 997. The molecular formula is C25H25F7N2O. The summed E-state index contributed by atoms with van der Waals surface area (Å²) in [7, 11) is 0. The van der Waals surface area contributed by atoms with Crippen LogP contribution in [0.15, 0.2) is 54.6 Å². The molecule has 2 aromatic rings. The molecule has 0 aromatic heterocycles. The molecule has 0 aliphatic carbocycles. The molecule has 0 saturated heterocycles. The van der Waals surface area contributed by atoms with Crippen molar-refractivity contribution in [2.24, 2.45) is 0 Å². The maximum absolute atomic E-state index is 13.4. The van der Waals surface area contributed by atoms with E-state index in [4.69, 9.17) is 0 Å². The average molecular weight is 502 g/mol. The number of alkyl halides is 6. The maximum Gasteiger partial charge on any atom is 0.416 e. The fourth-order valence-corrected chi connectivity index (χ4v) is 3.99. The lowest BCUT2D eigenvalue weighted by atomic mass is 9.93. The number of amides is 1. The molecule has 0 spiro atoms. The van der Waals surface area contributed by atoms with Gasteiger partial charge in [-0.05, 0) is 67.3 Å². The van der Waals surface area contributed by atoms with Gasteiger partial charge in [-0.25, -0.2) is 4.39 Å². The first-order valence-corrected chi connectivity index (χ1v) is 11.1. The van der Waals surface area contributed by atoms with Crippen molar-refractivity contribution in [3.63, 3.8) is 0 Å². The number of nitrogens with one attached hydrogen (secondary N) is 1. The van der Waals surface area contributed by atoms with Crippen LogP contribution < -0.4 is 5.32 Å². The van der Waals surface area contributed by atoms with Crippen LogP contribution in [0.4, 0.5) is 30.7 Å². The first kappa shape index (κ1) is 26.7. The number of nitrogens with zero attached hydrogens (tertiary/aromatic N) is 1. The molecule has 0 fully saturated rings. The van der Waals surface area contributed by atoms with Gasteiger partial charge in [-0.2, -0.15) is 26.3 Å². The summed E-state index contributed by atoms with van der Waals surface area (Å²) in [5, 5.41) is 2.47. The minimum Gasteiger partial charge on any atom is -0.351 e. The van der Waals surface area contributed by atoms with Crippen molar-refractivity contribution < 1.29 is 35.5 Å². The van der Waals surface area contributed by atoms with E-state index in [2.05, 4.69) is 22.4 Å². The quantitative estimate of drug-likeness (QED) is 0.339. The van der Waals surface area contributed by atoms with Crippen LogP contribution >= 0.6 is 0 Å². The SMILES string of the molecule is O=C(NCc1cc(C(F)(F)F)cc(C(F)(F)F)c1)[C@@H](CCCN1CC=CCC1)c1ccc(F)cc1. The van der Waals surface area contributed by atoms with E-state index in [0.717, 1.165) is 26.1 Å². The van der Waals surface area contributed by atoms with Crippen LogP contribution in [0.2, 0.25) is 0 Å². The van der Waals surface area contributed by atoms with Gasteiger partial charge in [0.15, 0.2) is 0 Å². The molecule has 1 heterocycles. The monoisotopic (exact) mass is 502 g/mol. The molecule has 3 rings (SSSR count). The molecule has 1 aliphatic heterocycles. The van der Waals surface area contributed by atoms with Gasteiger partial charge in [0.2, 0.25) is 5.91 Å². The van der Waals surface area contributed by atoms with Gasteiger partial charge < -0.3 is 5.32 Å². The zero-order valence-electron chi connectivity index (χ0n) is 18.7. The Morgan fingerprint density at radius 1 is 0.943 bits per heavy atom. The molecule has 3 nitrogen and oxygen atoms in total. The van der Waals surface area contributed by atoms with Crippen LogP contribution in [0.5, 0.6) is 0 Å². The summed E-state index contributed by atoms with van der Waals surface area (Å²) < 4.78 is 92.1. The number of benzene rings is 2. The topological polar surface area (TPSA) is 32.3 Å². The lowest BCUT2D eigenvalue weighted by Gasteiger charge is -2.24. The summed E-state index contributed by atoms with van der Waals surface area (Å²) in [5.74, 6) is -1.78. The van der Waals surface area contributed by atoms with Crippen molar-refractivity contribution in [2.45, 2.75) is 44.1 Å². The maximum atomic E-state index is 13.4. The third kappa shape index (κ3) is 7.81. The van der Waals surface area contributed by atoms with E-state index >= 15 is 0 Å². The highest BCUT2D eigenvalue weighted by Gasteiger charge is 2.37. The first-order valence-electron chi connectivity index (χ1n) is 11.1. The van der Waals surface area contributed by atoms with Gasteiger partial charge in [0.05, 0.1) is 17.0 Å². The van der Waals surface area contributed by atoms with Crippen LogP contribution in [0.25, 0.3) is 0 Å². The second-order valence-corrected chi connectivity index (χ2v) is 8.44. The second-order valence-electron chi connectivity index (χ2n) is 8.44. The Hall–Kier alpha value is -2.88. The van der Waals surface area contributed by atoms with Gasteiger partial charge in [0, 0.05) is 19.6 Å². The molecule has 0 radical (unpaired) electrons. The fraction of sp³-hybridized carbons (Fsp3) is 0.400. The lowest BCUT2D eigenvalue weighted by Crippen LogP contribution is -2.31. The predicted octanol–water partition coefficient (Wildman–Crippen LogP) is 6.31. The highest BCUT2D eigenvalue weighted by Crippen LogP contribution is 2.36. The molecule has 1 atom stereocenters. The lowest BCUT2D eigenvalue weighted by molar-refractivity contribution is -0.143. The van der Waals surface area contributed by atoms with E-state index in [1.807, 2.05) is 0 Å². The highest BCUT2D eigenvalue weighted by molar-refractivity contribution is 5.83. The number of rotatable bonds is 8. The van der Waals surface area contributed by atoms with Crippen molar-refractivity contribution in [1.29, 1.82) is 0 Å². The van der Waals surface area contributed by atoms with Gasteiger partial charge in [-0.15, -0.1) is 0 Å². The van der Waals surface area contributed by atoms with E-state index in [1.54, 1.807) is 0 Å². The third-order valence-electron chi connectivity index (χ3n) is 5.81. The molecule has 1 N–H and O–H groups in total. The van der Waals surface area contributed by atoms with Crippen LogP contribution in [0, 0.1) is 5.82 Å². The van der Waals surface area contributed by atoms with Crippen LogP contribution in [-0.2, 0) is 23.7 Å². The van der Waals surface area contributed by atoms with Gasteiger partial charge in [0.25, 0.3) is 0 Å². The summed E-state index contributed by atoms with van der Waals surface area (Å²) in [5.41, 5.74) is -2.69. The van der Waals surface area contributed by atoms with Crippen molar-refractivity contribution in [3.8, 4) is 0 Å². The minimum absolute atomic E-state index is 0.0441. The molecule has 0 saturated carbocycles. The normalized spacial score (nSPS) is 15.7. The molecule has 0 bridgehead atoms. The van der Waals surface area contributed by atoms with Crippen molar-refractivity contribution in [2.75, 3.05) is 19.6 Å². The van der Waals surface area contributed by atoms with E-state index < -0.39 is 47.7 Å². The molecule has 1 amide bonds. The minimum atomic E-state index is -4.97. The largest absolute Gasteiger partial charge is 0.416 e. The van der Waals surface area contributed by atoms with Crippen LogP contribution in [-0.4, -0.2) is 30.4 Å². The van der Waals surface area contributed by atoms with Gasteiger partial charge in [0.1, 0.15) is 5.82 Å². The smallest absolute Gasteiger partial charge is 0.351 e. The standard InChI is InChI=1S/C25H25F7N2O/c26-21-8-6-18(7-9-21)22(5-4-12-34-10-2-1-3-11-34)23(35)33-16-17-13-19(24(27,28)29)15-20(14-17)25(30,31)32/h1-2,6-9,13-15,22H,3-5,10-12,16H2,(H,33,35)/t22-/m0/s1. The summed E-state index contributed by atoms with van der Waals surface area (Å²) in [4.78, 5) is 15.2. The Labute approximate surface area is 198 Å². The predicted molar refractivity (Wildman–Crippen MR) is 117 cm³/mol. The van der Waals surface area contributed by atoms with E-state index in [9.17, 15) is 35.5 Å². The van der Waals surface area contributed by atoms with E-state index in [0.29, 0.717) is 30.5 Å². The van der Waals surface area contributed by atoms with E-state index in [-0.39, 0.29) is 11.6 Å². The number of hydrogen-bond donors (Lipinski definition) is 1. The summed E-state index contributed by atoms with van der Waals surface area (Å²) >= 11 is 0. The highest BCUT2D eigenvalue weighted by atomic mass is 19.4. The Morgan fingerprint density at radius 3 is 2.11 bits per heavy atom. The van der Waals surface area contributed by atoms with Gasteiger partial charge >= 0.3 is 12.4 Å². The number of halogens is 7. The van der Waals surface area contributed by atoms with Crippen LogP contribution in [0.1, 0.15) is 47.4 Å². The molecule has 0 unspecified atom stereocenters. The Morgan fingerprint density at radius 2 is 1.57 bits per heavy atom. The molecule has 190 valence electrons. The summed E-state index contributed by atoms with van der Waals surface area (Å²) in [6, 6.07) is 6.53. The zero-order valence-corrected chi connectivity index (χ0v) is 18.7. The van der Waals surface area contributed by atoms with Crippen LogP contribution in [0.3, 0.4) is 0 Å². The molecule has 2 aromatic carbocycles. The van der Waals surface area contributed by atoms with E-state index in [1.165, 1.54) is 24.3 Å². The number of carbonyl (C=O) groups is 1. The van der Waals surface area contributed by atoms with Gasteiger partial charge in [-0.1, -0.05) is 24.3 Å². The summed E-state index contributed by atoms with van der Waals surface area (Å²) in [6.45, 7) is 1.89. The van der Waals surface area contributed by atoms with Gasteiger partial charge in [-0.3, -0.25) is 9.69 Å². The number of hydrogen-bond acceptors (Lipinski definition) is 2. The Balaban J connectivity index is 1.74. The van der Waals surface area contributed by atoms with Crippen molar-refractivity contribution in [3.05, 3.63) is 82.7 Å². The van der Waals surface area contributed by atoms with Crippen molar-refractivity contribution >= 4 is 5.91 Å². The fourth-order valence-electron chi connectivity index (χ4n) is 3.99. The van der Waals surface area contributed by atoms with Crippen molar-refractivity contribution in [1.82, 2.24) is 10.2 Å². The Kier molecular flexibility index (Phi) is 8.58. The molecule has 10 heteroatoms. The summed E-state index contributed by atoms with van der Waals surface area (Å²) in [6.07, 6.45) is -3.86. The molecule has 35 heavy (non-hydrogen) atoms. The number of carbonyl (C=O) groups excluding carboxylic acids is 1. The molecule has 1 aliphatic rings. The first-order chi connectivity index (χ1) is 16.4. The molecular weight excluding hydrogens is 477 g/mol.